The van der Waals surface area contributed by atoms with E-state index in [-0.39, 0.29) is 0 Å². The lowest BCUT2D eigenvalue weighted by molar-refractivity contribution is 0.885. The smallest absolute Gasteiger partial charge is 0.0991 e. The maximum absolute atomic E-state index is 8.80. The monoisotopic (exact) mass is 266 g/mol. The normalized spacial score (nSPS) is 9.85. The Bertz CT molecular complexity index is 599. The van der Waals surface area contributed by atoms with Crippen LogP contribution in [0.25, 0.3) is 0 Å². The van der Waals surface area contributed by atoms with Gasteiger partial charge in [0, 0.05) is 31.2 Å². The van der Waals surface area contributed by atoms with Gasteiger partial charge in [-0.25, -0.2) is 0 Å². The van der Waals surface area contributed by atoms with Crippen LogP contribution in [0.15, 0.2) is 42.6 Å². The van der Waals surface area contributed by atoms with Gasteiger partial charge in [-0.2, -0.15) is 5.26 Å². The molecule has 2 rings (SSSR count). The van der Waals surface area contributed by atoms with Crippen molar-refractivity contribution in [3.63, 3.8) is 0 Å². The van der Waals surface area contributed by atoms with E-state index in [1.807, 2.05) is 43.6 Å². The quantitative estimate of drug-likeness (QED) is 0.903. The molecule has 0 aliphatic carbocycles. The van der Waals surface area contributed by atoms with E-state index in [0.717, 1.165) is 30.2 Å². The minimum absolute atomic E-state index is 0.675. The number of nitriles is 1. The first-order valence-corrected chi connectivity index (χ1v) is 6.63. The SMILES string of the molecule is CCNc1ccnc(CN(C)c2ccc(C#N)cc2)c1. The number of rotatable bonds is 5. The van der Waals surface area contributed by atoms with Gasteiger partial charge in [0.25, 0.3) is 0 Å². The van der Waals surface area contributed by atoms with Gasteiger partial charge in [0.1, 0.15) is 0 Å². The molecule has 4 nitrogen and oxygen atoms in total. The highest BCUT2D eigenvalue weighted by Gasteiger charge is 2.04. The number of hydrogen-bond acceptors (Lipinski definition) is 4. The van der Waals surface area contributed by atoms with Crippen LogP contribution in [-0.2, 0) is 6.54 Å². The summed E-state index contributed by atoms with van der Waals surface area (Å²) in [6, 6.07) is 13.7. The minimum atomic E-state index is 0.675. The maximum atomic E-state index is 8.80. The minimum Gasteiger partial charge on any atom is -0.385 e. The van der Waals surface area contributed by atoms with Gasteiger partial charge in [0.15, 0.2) is 0 Å². The predicted octanol–water partition coefficient (Wildman–Crippen LogP) is 3.02. The molecule has 2 aromatic rings. The third-order valence-corrected chi connectivity index (χ3v) is 3.03. The van der Waals surface area contributed by atoms with E-state index in [1.165, 1.54) is 0 Å². The van der Waals surface area contributed by atoms with Crippen molar-refractivity contribution in [3.8, 4) is 6.07 Å². The number of aromatic nitrogens is 1. The van der Waals surface area contributed by atoms with Crippen LogP contribution in [0.5, 0.6) is 0 Å². The van der Waals surface area contributed by atoms with Gasteiger partial charge < -0.3 is 10.2 Å². The Morgan fingerprint density at radius 1 is 1.25 bits per heavy atom. The zero-order valence-corrected chi connectivity index (χ0v) is 11.8. The third kappa shape index (κ3) is 3.48. The van der Waals surface area contributed by atoms with Crippen LogP contribution in [0.3, 0.4) is 0 Å². The zero-order chi connectivity index (χ0) is 14.4. The van der Waals surface area contributed by atoms with E-state index in [2.05, 4.69) is 34.3 Å². The highest BCUT2D eigenvalue weighted by atomic mass is 15.1. The van der Waals surface area contributed by atoms with Gasteiger partial charge >= 0.3 is 0 Å². The molecular weight excluding hydrogens is 248 g/mol. The number of hydrogen-bond donors (Lipinski definition) is 1. The van der Waals surface area contributed by atoms with Gasteiger partial charge in [-0.3, -0.25) is 4.98 Å². The molecule has 0 amide bonds. The summed E-state index contributed by atoms with van der Waals surface area (Å²) >= 11 is 0. The predicted molar refractivity (Wildman–Crippen MR) is 81.7 cm³/mol. The summed E-state index contributed by atoms with van der Waals surface area (Å²) < 4.78 is 0. The van der Waals surface area contributed by atoms with Gasteiger partial charge in [-0.1, -0.05) is 0 Å². The van der Waals surface area contributed by atoms with Crippen molar-refractivity contribution < 1.29 is 0 Å². The van der Waals surface area contributed by atoms with Crippen molar-refractivity contribution >= 4 is 11.4 Å². The van der Waals surface area contributed by atoms with Crippen LogP contribution in [-0.4, -0.2) is 18.6 Å². The Balaban J connectivity index is 2.08. The number of nitrogens with zero attached hydrogens (tertiary/aromatic N) is 3. The van der Waals surface area contributed by atoms with Gasteiger partial charge in [-0.15, -0.1) is 0 Å². The Labute approximate surface area is 119 Å². The molecule has 0 atom stereocenters. The molecule has 20 heavy (non-hydrogen) atoms. The maximum Gasteiger partial charge on any atom is 0.0991 e. The van der Waals surface area contributed by atoms with Gasteiger partial charge in [0.05, 0.1) is 23.9 Å². The highest BCUT2D eigenvalue weighted by Crippen LogP contribution is 2.16. The van der Waals surface area contributed by atoms with Gasteiger partial charge in [-0.05, 0) is 43.3 Å². The molecule has 1 N–H and O–H groups in total. The number of benzene rings is 1. The average Bonchev–Trinajstić information content (AvgIpc) is 2.48. The first kappa shape index (κ1) is 13.9. The molecule has 0 unspecified atom stereocenters. The van der Waals surface area contributed by atoms with Crippen LogP contribution in [0.2, 0.25) is 0 Å². The van der Waals surface area contributed by atoms with E-state index < -0.39 is 0 Å². The Morgan fingerprint density at radius 2 is 2.00 bits per heavy atom. The van der Waals surface area contributed by atoms with Crippen molar-refractivity contribution in [1.29, 1.82) is 5.26 Å². The molecule has 0 spiro atoms. The Morgan fingerprint density at radius 3 is 2.65 bits per heavy atom. The molecule has 0 saturated carbocycles. The van der Waals surface area contributed by atoms with E-state index in [0.29, 0.717) is 5.56 Å². The molecule has 0 fully saturated rings. The van der Waals surface area contributed by atoms with Gasteiger partial charge in [0.2, 0.25) is 0 Å². The summed E-state index contributed by atoms with van der Waals surface area (Å²) in [6.45, 7) is 3.70. The summed E-state index contributed by atoms with van der Waals surface area (Å²) in [4.78, 5) is 6.50. The fraction of sp³-hybridized carbons (Fsp3) is 0.250. The molecule has 0 aliphatic rings. The molecular formula is C16H18N4. The second kappa shape index (κ2) is 6.58. The highest BCUT2D eigenvalue weighted by molar-refractivity contribution is 5.50. The molecule has 0 aliphatic heterocycles. The average molecular weight is 266 g/mol. The molecule has 1 aromatic carbocycles. The zero-order valence-electron chi connectivity index (χ0n) is 11.8. The molecule has 1 aromatic heterocycles. The molecule has 102 valence electrons. The Hall–Kier alpha value is -2.54. The number of nitrogens with one attached hydrogen (secondary N) is 1. The summed E-state index contributed by atoms with van der Waals surface area (Å²) in [5.74, 6) is 0. The van der Waals surface area contributed by atoms with Crippen molar-refractivity contribution in [2.75, 3.05) is 23.8 Å². The summed E-state index contributed by atoms with van der Waals surface area (Å²) in [5.41, 5.74) is 3.84. The van der Waals surface area contributed by atoms with Crippen molar-refractivity contribution in [3.05, 3.63) is 53.9 Å². The van der Waals surface area contributed by atoms with Crippen LogP contribution in [0, 0.1) is 11.3 Å². The van der Waals surface area contributed by atoms with E-state index in [4.69, 9.17) is 5.26 Å². The lowest BCUT2D eigenvalue weighted by Crippen LogP contribution is -2.17. The lowest BCUT2D eigenvalue weighted by atomic mass is 10.2. The Kier molecular flexibility index (Phi) is 4.56. The summed E-state index contributed by atoms with van der Waals surface area (Å²) in [7, 11) is 2.02. The topological polar surface area (TPSA) is 52.0 Å². The van der Waals surface area contributed by atoms with Crippen LogP contribution in [0.4, 0.5) is 11.4 Å². The second-order valence-electron chi connectivity index (χ2n) is 4.58. The molecule has 0 radical (unpaired) electrons. The van der Waals surface area contributed by atoms with E-state index in [9.17, 15) is 0 Å². The first-order valence-electron chi connectivity index (χ1n) is 6.63. The fourth-order valence-electron chi connectivity index (χ4n) is 2.00. The molecule has 1 heterocycles. The van der Waals surface area contributed by atoms with Crippen LogP contribution < -0.4 is 10.2 Å². The fourth-order valence-corrected chi connectivity index (χ4v) is 2.00. The standard InChI is InChI=1S/C16H18N4/c1-3-18-14-8-9-19-15(10-14)12-20(2)16-6-4-13(11-17)5-7-16/h4-10H,3,12H2,1-2H3,(H,18,19). The number of pyridine rings is 1. The third-order valence-electron chi connectivity index (χ3n) is 3.03. The van der Waals surface area contributed by atoms with Crippen LogP contribution >= 0.6 is 0 Å². The number of anilines is 2. The molecule has 0 bridgehead atoms. The molecule has 0 saturated heterocycles. The van der Waals surface area contributed by atoms with Crippen molar-refractivity contribution in [2.45, 2.75) is 13.5 Å². The van der Waals surface area contributed by atoms with Crippen molar-refractivity contribution in [2.24, 2.45) is 0 Å². The van der Waals surface area contributed by atoms with E-state index >= 15 is 0 Å². The lowest BCUT2D eigenvalue weighted by Gasteiger charge is -2.19. The van der Waals surface area contributed by atoms with Crippen molar-refractivity contribution in [1.82, 2.24) is 4.98 Å². The first-order chi connectivity index (χ1) is 9.72. The van der Waals surface area contributed by atoms with E-state index in [1.54, 1.807) is 0 Å². The summed E-state index contributed by atoms with van der Waals surface area (Å²) in [5, 5.41) is 12.1. The molecule has 4 heteroatoms. The summed E-state index contributed by atoms with van der Waals surface area (Å²) in [6.07, 6.45) is 1.82. The second-order valence-corrected chi connectivity index (χ2v) is 4.58. The largest absolute Gasteiger partial charge is 0.385 e. The van der Waals surface area contributed by atoms with Crippen LogP contribution in [0.1, 0.15) is 18.2 Å².